The van der Waals surface area contributed by atoms with E-state index >= 15 is 0 Å². The van der Waals surface area contributed by atoms with Crippen LogP contribution >= 0.6 is 15.9 Å². The summed E-state index contributed by atoms with van der Waals surface area (Å²) in [5.74, 6) is -0.500. The Labute approximate surface area is 144 Å². The molecule has 0 bridgehead atoms. The lowest BCUT2D eigenvalue weighted by atomic mass is 9.97. The summed E-state index contributed by atoms with van der Waals surface area (Å²) < 4.78 is 0.901. The van der Waals surface area contributed by atoms with Gasteiger partial charge in [0.05, 0.1) is 11.6 Å². The molecular formula is C19H18BrNO2. The number of carbonyl (C=O) groups excluding carboxylic acids is 2. The summed E-state index contributed by atoms with van der Waals surface area (Å²) >= 11 is 3.46. The fraction of sp³-hybridized carbons (Fsp3) is 0.263. The number of halogens is 1. The highest BCUT2D eigenvalue weighted by atomic mass is 79.9. The largest absolute Gasteiger partial charge is 0.274 e. The van der Waals surface area contributed by atoms with Gasteiger partial charge < -0.3 is 0 Å². The molecule has 0 N–H and O–H groups in total. The summed E-state index contributed by atoms with van der Waals surface area (Å²) in [5, 5.41) is 0. The van der Waals surface area contributed by atoms with E-state index in [1.807, 2.05) is 50.2 Å². The van der Waals surface area contributed by atoms with Crippen LogP contribution in [0.4, 0.5) is 5.69 Å². The number of hydrogen-bond acceptors (Lipinski definition) is 2. The molecule has 4 heteroatoms. The van der Waals surface area contributed by atoms with Crippen molar-refractivity contribution < 1.29 is 9.59 Å². The standard InChI is InChI=1S/C19H18BrNO2/c1-12-4-3-5-14(8-12)9-15-10-18(22)21(19(15)23)16-7-6-13(2)17(20)11-16/h3-8,11,15H,9-10H2,1-2H3. The Morgan fingerprint density at radius 3 is 2.61 bits per heavy atom. The Bertz CT molecular complexity index is 785. The Balaban J connectivity index is 1.83. The molecule has 3 nitrogen and oxygen atoms in total. The minimum Gasteiger partial charge on any atom is -0.274 e. The summed E-state index contributed by atoms with van der Waals surface area (Å²) in [6, 6.07) is 13.7. The van der Waals surface area contributed by atoms with Crippen LogP contribution in [0.2, 0.25) is 0 Å². The Morgan fingerprint density at radius 1 is 1.13 bits per heavy atom. The van der Waals surface area contributed by atoms with Crippen molar-refractivity contribution in [2.24, 2.45) is 5.92 Å². The van der Waals surface area contributed by atoms with Gasteiger partial charge in [0.25, 0.3) is 0 Å². The molecule has 2 amide bonds. The molecule has 1 atom stereocenters. The lowest BCUT2D eigenvalue weighted by Crippen LogP contribution is -2.30. The number of hydrogen-bond donors (Lipinski definition) is 0. The summed E-state index contributed by atoms with van der Waals surface area (Å²) in [5.41, 5.74) is 3.98. The molecule has 1 unspecified atom stereocenters. The number of rotatable bonds is 3. The predicted molar refractivity (Wildman–Crippen MR) is 94.4 cm³/mol. The maximum Gasteiger partial charge on any atom is 0.237 e. The van der Waals surface area contributed by atoms with Crippen molar-refractivity contribution in [3.05, 3.63) is 63.6 Å². The maximum absolute atomic E-state index is 12.7. The molecule has 0 radical (unpaired) electrons. The molecular weight excluding hydrogens is 354 g/mol. The molecule has 0 saturated carbocycles. The minimum absolute atomic E-state index is 0.104. The highest BCUT2D eigenvalue weighted by molar-refractivity contribution is 9.10. The Morgan fingerprint density at radius 2 is 1.91 bits per heavy atom. The minimum atomic E-state index is -0.274. The van der Waals surface area contributed by atoms with Crippen LogP contribution in [0.15, 0.2) is 46.9 Å². The van der Waals surface area contributed by atoms with Crippen LogP contribution in [0.5, 0.6) is 0 Å². The first-order valence-electron chi connectivity index (χ1n) is 7.64. The second kappa shape index (κ2) is 6.28. The average Bonchev–Trinajstić information content (AvgIpc) is 2.77. The van der Waals surface area contributed by atoms with Gasteiger partial charge in [-0.05, 0) is 43.5 Å². The van der Waals surface area contributed by atoms with Gasteiger partial charge in [0, 0.05) is 10.9 Å². The Hall–Kier alpha value is -1.94. The van der Waals surface area contributed by atoms with Crippen molar-refractivity contribution in [3.63, 3.8) is 0 Å². The number of benzene rings is 2. The van der Waals surface area contributed by atoms with E-state index in [4.69, 9.17) is 0 Å². The lowest BCUT2D eigenvalue weighted by molar-refractivity contribution is -0.122. The number of anilines is 1. The van der Waals surface area contributed by atoms with Crippen LogP contribution in [0.1, 0.15) is 23.1 Å². The van der Waals surface area contributed by atoms with Crippen LogP contribution in [-0.4, -0.2) is 11.8 Å². The van der Waals surface area contributed by atoms with E-state index in [9.17, 15) is 9.59 Å². The van der Waals surface area contributed by atoms with Crippen LogP contribution in [0.3, 0.4) is 0 Å². The monoisotopic (exact) mass is 371 g/mol. The average molecular weight is 372 g/mol. The first-order chi connectivity index (χ1) is 11.0. The number of aryl methyl sites for hydroxylation is 2. The van der Waals surface area contributed by atoms with Crippen LogP contribution in [0.25, 0.3) is 0 Å². The molecule has 2 aromatic rings. The van der Waals surface area contributed by atoms with E-state index in [2.05, 4.69) is 22.0 Å². The van der Waals surface area contributed by atoms with Crippen molar-refractivity contribution in [3.8, 4) is 0 Å². The SMILES string of the molecule is Cc1cccc(CC2CC(=O)N(c3ccc(C)c(Br)c3)C2=O)c1. The highest BCUT2D eigenvalue weighted by Gasteiger charge is 2.39. The third kappa shape index (κ3) is 3.22. The molecule has 3 rings (SSSR count). The van der Waals surface area contributed by atoms with Crippen molar-refractivity contribution in [2.45, 2.75) is 26.7 Å². The number of carbonyl (C=O) groups is 2. The number of imide groups is 1. The van der Waals surface area contributed by atoms with Crippen LogP contribution in [-0.2, 0) is 16.0 Å². The summed E-state index contributed by atoms with van der Waals surface area (Å²) in [4.78, 5) is 26.4. The lowest BCUT2D eigenvalue weighted by Gasteiger charge is -2.16. The van der Waals surface area contributed by atoms with Crippen molar-refractivity contribution in [1.82, 2.24) is 0 Å². The van der Waals surface area contributed by atoms with Gasteiger partial charge in [-0.2, -0.15) is 0 Å². The molecule has 23 heavy (non-hydrogen) atoms. The second-order valence-electron chi connectivity index (χ2n) is 6.10. The number of amides is 2. The first-order valence-corrected chi connectivity index (χ1v) is 8.43. The molecule has 0 spiro atoms. The molecule has 0 aliphatic carbocycles. The molecule has 1 aliphatic heterocycles. The highest BCUT2D eigenvalue weighted by Crippen LogP contribution is 2.31. The van der Waals surface area contributed by atoms with Gasteiger partial charge in [0.2, 0.25) is 11.8 Å². The third-order valence-corrected chi connectivity index (χ3v) is 5.07. The van der Waals surface area contributed by atoms with E-state index in [-0.39, 0.29) is 24.2 Å². The van der Waals surface area contributed by atoms with Gasteiger partial charge in [-0.1, -0.05) is 51.8 Å². The quantitative estimate of drug-likeness (QED) is 0.758. The van der Waals surface area contributed by atoms with Crippen molar-refractivity contribution in [1.29, 1.82) is 0 Å². The molecule has 1 heterocycles. The van der Waals surface area contributed by atoms with E-state index in [1.165, 1.54) is 10.5 Å². The smallest absolute Gasteiger partial charge is 0.237 e. The Kier molecular flexibility index (Phi) is 4.35. The zero-order chi connectivity index (χ0) is 16.6. The van der Waals surface area contributed by atoms with Gasteiger partial charge in [0.1, 0.15) is 0 Å². The third-order valence-electron chi connectivity index (χ3n) is 4.22. The summed E-state index contributed by atoms with van der Waals surface area (Å²) in [6.07, 6.45) is 0.883. The van der Waals surface area contributed by atoms with Gasteiger partial charge in [0.15, 0.2) is 0 Å². The first kappa shape index (κ1) is 15.9. The van der Waals surface area contributed by atoms with E-state index in [1.54, 1.807) is 0 Å². The molecule has 1 fully saturated rings. The maximum atomic E-state index is 12.7. The summed E-state index contributed by atoms with van der Waals surface area (Å²) in [6.45, 7) is 4.00. The fourth-order valence-electron chi connectivity index (χ4n) is 2.97. The zero-order valence-electron chi connectivity index (χ0n) is 13.2. The molecule has 0 aromatic heterocycles. The number of nitrogens with zero attached hydrogens (tertiary/aromatic N) is 1. The topological polar surface area (TPSA) is 37.4 Å². The van der Waals surface area contributed by atoms with E-state index < -0.39 is 0 Å². The molecule has 2 aromatic carbocycles. The van der Waals surface area contributed by atoms with Crippen molar-refractivity contribution in [2.75, 3.05) is 4.90 Å². The van der Waals surface area contributed by atoms with E-state index in [0.29, 0.717) is 12.1 Å². The van der Waals surface area contributed by atoms with Crippen LogP contribution in [0, 0.1) is 19.8 Å². The van der Waals surface area contributed by atoms with Gasteiger partial charge in [-0.25, -0.2) is 0 Å². The van der Waals surface area contributed by atoms with Gasteiger partial charge in [-0.3, -0.25) is 14.5 Å². The molecule has 1 aliphatic rings. The zero-order valence-corrected chi connectivity index (χ0v) is 14.8. The normalized spacial score (nSPS) is 17.9. The molecule has 118 valence electrons. The predicted octanol–water partition coefficient (Wildman–Crippen LogP) is 4.19. The summed E-state index contributed by atoms with van der Waals surface area (Å²) in [7, 11) is 0. The van der Waals surface area contributed by atoms with E-state index in [0.717, 1.165) is 15.6 Å². The molecule has 1 saturated heterocycles. The fourth-order valence-corrected chi connectivity index (χ4v) is 3.34. The van der Waals surface area contributed by atoms with Gasteiger partial charge in [-0.15, -0.1) is 0 Å². The van der Waals surface area contributed by atoms with Crippen LogP contribution < -0.4 is 4.90 Å². The van der Waals surface area contributed by atoms with Gasteiger partial charge >= 0.3 is 0 Å². The second-order valence-corrected chi connectivity index (χ2v) is 6.95. The van der Waals surface area contributed by atoms with Crippen molar-refractivity contribution >= 4 is 33.4 Å².